The minimum Gasteiger partial charge on any atom is -0.388 e. The van der Waals surface area contributed by atoms with Crippen molar-refractivity contribution in [2.24, 2.45) is 5.92 Å². The summed E-state index contributed by atoms with van der Waals surface area (Å²) in [5.74, 6) is -0.750. The summed E-state index contributed by atoms with van der Waals surface area (Å²) in [6.07, 6.45) is -4.09. The zero-order valence-electron chi connectivity index (χ0n) is 18.6. The topological polar surface area (TPSA) is 171 Å². The van der Waals surface area contributed by atoms with Gasteiger partial charge in [-0.05, 0) is 33.6 Å². The van der Waals surface area contributed by atoms with Crippen LogP contribution in [0.15, 0.2) is 15.8 Å². The summed E-state index contributed by atoms with van der Waals surface area (Å²) in [5.41, 5.74) is -2.54. The van der Waals surface area contributed by atoms with Crippen LogP contribution in [0, 0.1) is 12.8 Å². The highest BCUT2D eigenvalue weighted by Gasteiger charge is 2.54. The molecule has 1 aliphatic rings. The van der Waals surface area contributed by atoms with Gasteiger partial charge in [-0.25, -0.2) is 4.79 Å². The predicted molar refractivity (Wildman–Crippen MR) is 112 cm³/mol. The number of hydrogen-bond donors (Lipinski definition) is 5. The van der Waals surface area contributed by atoms with Crippen LogP contribution in [0.4, 0.5) is 0 Å². The fourth-order valence-electron chi connectivity index (χ4n) is 3.64. The predicted octanol–water partition coefficient (Wildman–Crippen LogP) is 0.590. The number of nitrogens with one attached hydrogen (secondary N) is 1. The SMILES string of the molecule is CCC(O)(CC)P(=O)(O)OC(C)(C)C(C)C1O[C@@H](n2cc(C)c(=O)[nH]c2=O)[C@H](O)[C@@H]1O. The van der Waals surface area contributed by atoms with Crippen LogP contribution in [-0.2, 0) is 13.8 Å². The second-order valence-electron chi connectivity index (χ2n) is 8.64. The van der Waals surface area contributed by atoms with Gasteiger partial charge < -0.3 is 29.5 Å². The van der Waals surface area contributed by atoms with Crippen molar-refractivity contribution >= 4 is 7.60 Å². The highest BCUT2D eigenvalue weighted by Crippen LogP contribution is 2.60. The van der Waals surface area contributed by atoms with Gasteiger partial charge in [0.05, 0.1) is 11.7 Å². The van der Waals surface area contributed by atoms with E-state index in [2.05, 4.69) is 4.98 Å². The van der Waals surface area contributed by atoms with E-state index in [4.69, 9.17) is 9.26 Å². The summed E-state index contributed by atoms with van der Waals surface area (Å²) < 4.78 is 25.1. The second kappa shape index (κ2) is 8.90. The number of aliphatic hydroxyl groups excluding tert-OH is 2. The molecule has 1 fully saturated rings. The van der Waals surface area contributed by atoms with Crippen molar-refractivity contribution in [1.29, 1.82) is 0 Å². The van der Waals surface area contributed by atoms with E-state index in [9.17, 15) is 34.4 Å². The van der Waals surface area contributed by atoms with Crippen LogP contribution < -0.4 is 11.2 Å². The summed E-state index contributed by atoms with van der Waals surface area (Å²) in [5, 5.41) is 29.7. The molecule has 1 aromatic rings. The van der Waals surface area contributed by atoms with E-state index in [1.165, 1.54) is 27.0 Å². The molecule has 2 rings (SSSR count). The zero-order chi connectivity index (χ0) is 23.9. The van der Waals surface area contributed by atoms with E-state index < -0.39 is 60.2 Å². The number of H-pyrrole nitrogens is 1. The fourth-order valence-corrected chi connectivity index (χ4v) is 5.41. The van der Waals surface area contributed by atoms with E-state index in [-0.39, 0.29) is 18.4 Å². The molecule has 0 aromatic carbocycles. The molecule has 0 bridgehead atoms. The molecule has 2 heterocycles. The van der Waals surface area contributed by atoms with Gasteiger partial charge in [0.25, 0.3) is 5.56 Å². The molecular weight excluding hydrogens is 431 g/mol. The van der Waals surface area contributed by atoms with E-state index in [1.807, 2.05) is 0 Å². The van der Waals surface area contributed by atoms with Crippen LogP contribution in [-0.4, -0.2) is 59.0 Å². The van der Waals surface area contributed by atoms with Crippen molar-refractivity contribution in [1.82, 2.24) is 9.55 Å². The Morgan fingerprint density at radius 2 is 1.81 bits per heavy atom. The summed E-state index contributed by atoms with van der Waals surface area (Å²) >= 11 is 0. The van der Waals surface area contributed by atoms with Gasteiger partial charge in [-0.1, -0.05) is 20.8 Å². The monoisotopic (exact) mass is 464 g/mol. The second-order valence-corrected chi connectivity index (χ2v) is 10.7. The maximum Gasteiger partial charge on any atom is 0.359 e. The van der Waals surface area contributed by atoms with Crippen LogP contribution in [0.1, 0.15) is 59.3 Å². The third-order valence-corrected chi connectivity index (χ3v) is 8.70. The molecule has 5 N–H and O–H groups in total. The Balaban J connectivity index is 2.32. The zero-order valence-corrected chi connectivity index (χ0v) is 19.5. The van der Waals surface area contributed by atoms with Gasteiger partial charge >= 0.3 is 13.3 Å². The molecule has 1 aromatic heterocycles. The fraction of sp³-hybridized carbons (Fsp3) is 0.789. The minimum atomic E-state index is -4.50. The van der Waals surface area contributed by atoms with Crippen molar-refractivity contribution in [3.05, 3.63) is 32.6 Å². The van der Waals surface area contributed by atoms with Crippen molar-refractivity contribution in [3.8, 4) is 0 Å². The molecule has 31 heavy (non-hydrogen) atoms. The van der Waals surface area contributed by atoms with Crippen LogP contribution in [0.5, 0.6) is 0 Å². The van der Waals surface area contributed by atoms with Gasteiger partial charge in [-0.15, -0.1) is 0 Å². The minimum absolute atomic E-state index is 0.000438. The lowest BCUT2D eigenvalue weighted by Crippen LogP contribution is -2.46. The molecule has 12 heteroatoms. The third-order valence-electron chi connectivity index (χ3n) is 6.30. The average molecular weight is 464 g/mol. The summed E-state index contributed by atoms with van der Waals surface area (Å²) in [6.45, 7) is 9.24. The maximum absolute atomic E-state index is 12.8. The molecule has 11 nitrogen and oxygen atoms in total. The number of ether oxygens (including phenoxy) is 1. The third kappa shape index (κ3) is 4.73. The quantitative estimate of drug-likeness (QED) is 0.345. The van der Waals surface area contributed by atoms with Gasteiger partial charge in [0.2, 0.25) is 0 Å². The Bertz CT molecular complexity index is 952. The van der Waals surface area contributed by atoms with E-state index >= 15 is 0 Å². The van der Waals surface area contributed by atoms with Crippen LogP contribution in [0.25, 0.3) is 0 Å². The van der Waals surface area contributed by atoms with Crippen molar-refractivity contribution in [2.75, 3.05) is 0 Å². The number of hydrogen-bond acceptors (Lipinski definition) is 8. The van der Waals surface area contributed by atoms with Gasteiger partial charge in [0, 0.05) is 17.7 Å². The Hall–Kier alpha value is -1.33. The molecule has 0 amide bonds. The first-order chi connectivity index (χ1) is 14.1. The highest BCUT2D eigenvalue weighted by molar-refractivity contribution is 7.54. The van der Waals surface area contributed by atoms with Crippen molar-refractivity contribution in [3.63, 3.8) is 0 Å². The normalized spacial score (nSPS) is 27.8. The maximum atomic E-state index is 12.8. The smallest absolute Gasteiger partial charge is 0.359 e. The molecule has 3 unspecified atom stereocenters. The molecule has 6 atom stereocenters. The van der Waals surface area contributed by atoms with Crippen LogP contribution in [0.3, 0.4) is 0 Å². The van der Waals surface area contributed by atoms with E-state index in [1.54, 1.807) is 20.8 Å². The molecule has 0 radical (unpaired) electrons. The highest BCUT2D eigenvalue weighted by atomic mass is 31.2. The number of aryl methyl sites for hydroxylation is 1. The van der Waals surface area contributed by atoms with Gasteiger partial charge in [0.1, 0.15) is 12.2 Å². The molecule has 1 aliphatic heterocycles. The largest absolute Gasteiger partial charge is 0.388 e. The van der Waals surface area contributed by atoms with Crippen LogP contribution >= 0.6 is 7.60 Å². The average Bonchev–Trinajstić information content (AvgIpc) is 2.97. The first-order valence-electron chi connectivity index (χ1n) is 10.2. The molecule has 0 aliphatic carbocycles. The number of rotatable bonds is 8. The molecule has 1 saturated heterocycles. The van der Waals surface area contributed by atoms with Crippen LogP contribution in [0.2, 0.25) is 0 Å². The first-order valence-corrected chi connectivity index (χ1v) is 11.8. The molecular formula is C19H33N2O9P. The van der Waals surface area contributed by atoms with E-state index in [0.717, 1.165) is 4.57 Å². The van der Waals surface area contributed by atoms with Crippen molar-refractivity contribution in [2.45, 2.75) is 89.9 Å². The van der Waals surface area contributed by atoms with Gasteiger partial charge in [-0.2, -0.15) is 0 Å². The van der Waals surface area contributed by atoms with E-state index in [0.29, 0.717) is 0 Å². The number of aromatic nitrogens is 2. The van der Waals surface area contributed by atoms with Gasteiger partial charge in [0.15, 0.2) is 11.6 Å². The summed E-state index contributed by atoms with van der Waals surface area (Å²) in [4.78, 5) is 36.4. The first kappa shape index (κ1) is 25.9. The summed E-state index contributed by atoms with van der Waals surface area (Å²) in [6, 6.07) is 0. The Morgan fingerprint density at radius 1 is 1.26 bits per heavy atom. The lowest BCUT2D eigenvalue weighted by Gasteiger charge is -2.40. The standard InChI is InChI=1S/C19H33N2O9P/c1-7-19(26,8-2)31(27,28)30-18(5,6)11(4)14-12(22)13(23)16(29-14)21-9-10(3)15(24)20-17(21)25/h9,11-14,16,22-23,26H,7-8H2,1-6H3,(H,27,28)(H,20,24,25)/t11?,12-,13+,14?,16+/m0/s1. The lowest BCUT2D eigenvalue weighted by atomic mass is 9.85. The molecule has 0 spiro atoms. The Morgan fingerprint density at radius 3 is 2.32 bits per heavy atom. The number of nitrogens with zero attached hydrogens (tertiary/aromatic N) is 1. The lowest BCUT2D eigenvalue weighted by molar-refractivity contribution is -0.101. The summed E-state index contributed by atoms with van der Waals surface area (Å²) in [7, 11) is -4.50. The van der Waals surface area contributed by atoms with Gasteiger partial charge in [-0.3, -0.25) is 18.9 Å². The Labute approximate surface area is 180 Å². The van der Waals surface area contributed by atoms with Crippen molar-refractivity contribution < 1.29 is 34.0 Å². The molecule has 0 saturated carbocycles. The molecule has 178 valence electrons. The number of aliphatic hydroxyl groups is 3. The Kier molecular flexibility index (Phi) is 7.44. The number of aromatic amines is 1.